The Labute approximate surface area is 259 Å². The van der Waals surface area contributed by atoms with E-state index in [1.807, 2.05) is 18.2 Å². The number of hydrogen-bond acceptors (Lipinski definition) is 9. The summed E-state index contributed by atoms with van der Waals surface area (Å²) in [6.07, 6.45) is 2.52. The average Bonchev–Trinajstić information content (AvgIpc) is 3.48. The second-order valence-electron chi connectivity index (χ2n) is 10.4. The normalized spacial score (nSPS) is 18.9. The van der Waals surface area contributed by atoms with Crippen LogP contribution >= 0.6 is 0 Å². The molecule has 2 aliphatic rings. The quantitative estimate of drug-likeness (QED) is 0.293. The number of aliphatic imine (C=N–C) groups is 1. The molecule has 0 radical (unpaired) electrons. The topological polar surface area (TPSA) is 108 Å². The van der Waals surface area contributed by atoms with Crippen molar-refractivity contribution in [1.82, 2.24) is 8.61 Å². The van der Waals surface area contributed by atoms with E-state index >= 15 is 0 Å². The van der Waals surface area contributed by atoms with Gasteiger partial charge in [-0.2, -0.15) is 12.7 Å². The first kappa shape index (κ1) is 31.3. The van der Waals surface area contributed by atoms with E-state index in [-0.39, 0.29) is 5.84 Å². The Morgan fingerprint density at radius 3 is 1.68 bits per heavy atom. The molecule has 1 saturated heterocycles. The van der Waals surface area contributed by atoms with Gasteiger partial charge in [0.05, 0.1) is 48.2 Å². The molecular formula is C32H39N3O8S. The zero-order valence-electron chi connectivity index (χ0n) is 25.9. The number of methoxy groups -OCH3 is 6. The third kappa shape index (κ3) is 5.71. The Morgan fingerprint density at radius 1 is 0.636 bits per heavy atom. The fourth-order valence-electron chi connectivity index (χ4n) is 5.83. The zero-order chi connectivity index (χ0) is 31.4. The van der Waals surface area contributed by atoms with E-state index in [1.165, 1.54) is 11.4 Å². The predicted octanol–water partition coefficient (Wildman–Crippen LogP) is 5.01. The number of piperidine rings is 1. The number of amidine groups is 1. The first-order chi connectivity index (χ1) is 21.3. The maximum absolute atomic E-state index is 14.8. The lowest BCUT2D eigenvalue weighted by molar-refractivity contribution is 0.305. The van der Waals surface area contributed by atoms with E-state index in [2.05, 4.69) is 0 Å². The SMILES string of the molecule is COc1ccc(C2=N[C@@H](c3ccc(OC)cc3OC)[C@@H](c3ccc(OC)cc3OC)N2S(=O)(=O)N2CCCCC2)c(OC)c1. The largest absolute Gasteiger partial charge is 0.497 e. The van der Waals surface area contributed by atoms with Crippen molar-refractivity contribution in [1.29, 1.82) is 0 Å². The molecule has 0 N–H and O–H groups in total. The summed E-state index contributed by atoms with van der Waals surface area (Å²) in [7, 11) is 5.24. The molecule has 0 saturated carbocycles. The van der Waals surface area contributed by atoms with Gasteiger partial charge in [0.1, 0.15) is 46.6 Å². The highest BCUT2D eigenvalue weighted by atomic mass is 32.2. The fraction of sp³-hybridized carbons (Fsp3) is 0.406. The molecule has 12 heteroatoms. The van der Waals surface area contributed by atoms with Gasteiger partial charge >= 0.3 is 10.2 Å². The van der Waals surface area contributed by atoms with E-state index in [0.717, 1.165) is 19.3 Å². The van der Waals surface area contributed by atoms with Crippen LogP contribution in [0, 0.1) is 0 Å². The van der Waals surface area contributed by atoms with E-state index < -0.39 is 22.3 Å². The van der Waals surface area contributed by atoms with Crippen molar-refractivity contribution in [2.24, 2.45) is 4.99 Å². The minimum atomic E-state index is -4.11. The van der Waals surface area contributed by atoms with Crippen molar-refractivity contribution in [2.45, 2.75) is 31.3 Å². The minimum Gasteiger partial charge on any atom is -0.497 e. The van der Waals surface area contributed by atoms with Crippen molar-refractivity contribution >= 4 is 16.0 Å². The Hall–Kier alpha value is -4.16. The molecule has 0 bridgehead atoms. The van der Waals surface area contributed by atoms with Gasteiger partial charge in [0.2, 0.25) is 0 Å². The monoisotopic (exact) mass is 625 g/mol. The van der Waals surface area contributed by atoms with Crippen LogP contribution in [0.25, 0.3) is 0 Å². The number of rotatable bonds is 11. The first-order valence-corrected chi connectivity index (χ1v) is 15.7. The van der Waals surface area contributed by atoms with Gasteiger partial charge in [0.15, 0.2) is 5.84 Å². The molecule has 5 rings (SSSR count). The molecule has 1 fully saturated rings. The second kappa shape index (κ2) is 13.2. The second-order valence-corrected chi connectivity index (χ2v) is 12.2. The maximum Gasteiger partial charge on any atom is 0.305 e. The van der Waals surface area contributed by atoms with Crippen molar-refractivity contribution in [3.8, 4) is 34.5 Å². The Kier molecular flexibility index (Phi) is 9.40. The lowest BCUT2D eigenvalue weighted by atomic mass is 9.93. The summed E-state index contributed by atoms with van der Waals surface area (Å²) in [6.45, 7) is 0.823. The van der Waals surface area contributed by atoms with Gasteiger partial charge in [-0.15, -0.1) is 0 Å². The van der Waals surface area contributed by atoms with E-state index in [9.17, 15) is 8.42 Å². The standard InChI is InChI=1S/C32H39N3O8S/c1-38-21-10-13-24(27(18-21)41-4)30-31(25-14-11-22(39-2)19-28(25)42-5)35(44(36,37)34-16-8-7-9-17-34)32(33-30)26-15-12-23(40-3)20-29(26)43-6/h10-15,18-20,30-31H,7-9,16-17H2,1-6H3/t30-,31+/m0/s1. The summed E-state index contributed by atoms with van der Waals surface area (Å²) < 4.78 is 66.4. The molecule has 0 amide bonds. The van der Waals surface area contributed by atoms with Crippen LogP contribution in [0.3, 0.4) is 0 Å². The summed E-state index contributed by atoms with van der Waals surface area (Å²) in [5.41, 5.74) is 1.79. The molecule has 3 aromatic rings. The van der Waals surface area contributed by atoms with Gasteiger partial charge in [0.25, 0.3) is 0 Å². The molecule has 0 spiro atoms. The Morgan fingerprint density at radius 2 is 1.14 bits per heavy atom. The molecule has 2 aliphatic heterocycles. The van der Waals surface area contributed by atoms with Crippen LogP contribution in [0.15, 0.2) is 59.6 Å². The molecule has 236 valence electrons. The molecule has 11 nitrogen and oxygen atoms in total. The van der Waals surface area contributed by atoms with E-state index in [0.29, 0.717) is 64.3 Å². The summed E-state index contributed by atoms with van der Waals surface area (Å²) in [6, 6.07) is 14.4. The van der Waals surface area contributed by atoms with Crippen molar-refractivity contribution in [2.75, 3.05) is 55.7 Å². The third-order valence-electron chi connectivity index (χ3n) is 8.08. The van der Waals surface area contributed by atoms with E-state index in [1.54, 1.807) is 76.3 Å². The molecule has 0 aliphatic carbocycles. The molecule has 0 aromatic heterocycles. The number of nitrogens with zero attached hydrogens (tertiary/aromatic N) is 3. The van der Waals surface area contributed by atoms with Gasteiger partial charge in [-0.05, 0) is 49.2 Å². The zero-order valence-corrected chi connectivity index (χ0v) is 26.7. The van der Waals surface area contributed by atoms with Crippen LogP contribution in [0.1, 0.15) is 48.0 Å². The molecule has 3 aromatic carbocycles. The van der Waals surface area contributed by atoms with Crippen LogP contribution in [0.5, 0.6) is 34.5 Å². The number of ether oxygens (including phenoxy) is 6. The smallest absolute Gasteiger partial charge is 0.305 e. The summed E-state index contributed by atoms with van der Waals surface area (Å²) in [4.78, 5) is 5.18. The Bertz CT molecular complexity index is 1620. The van der Waals surface area contributed by atoms with Gasteiger partial charge < -0.3 is 28.4 Å². The lowest BCUT2D eigenvalue weighted by Crippen LogP contribution is -2.48. The molecule has 0 unspecified atom stereocenters. The van der Waals surface area contributed by atoms with Gasteiger partial charge in [0, 0.05) is 42.4 Å². The lowest BCUT2D eigenvalue weighted by Gasteiger charge is -2.36. The van der Waals surface area contributed by atoms with Gasteiger partial charge in [-0.25, -0.2) is 4.31 Å². The highest BCUT2D eigenvalue weighted by Gasteiger charge is 2.49. The summed E-state index contributed by atoms with van der Waals surface area (Å²) in [5, 5.41) is 0. The first-order valence-electron chi connectivity index (χ1n) is 14.3. The van der Waals surface area contributed by atoms with Gasteiger partial charge in [-0.1, -0.05) is 6.42 Å². The fourth-order valence-corrected chi connectivity index (χ4v) is 7.67. The third-order valence-corrected chi connectivity index (χ3v) is 9.99. The summed E-state index contributed by atoms with van der Waals surface area (Å²) in [5.74, 6) is 3.37. The van der Waals surface area contributed by atoms with E-state index in [4.69, 9.17) is 33.4 Å². The number of hydrogen-bond donors (Lipinski definition) is 0. The van der Waals surface area contributed by atoms with Crippen LogP contribution in [0.4, 0.5) is 0 Å². The van der Waals surface area contributed by atoms with Crippen molar-refractivity contribution in [3.63, 3.8) is 0 Å². The Balaban J connectivity index is 1.82. The molecule has 2 atom stereocenters. The predicted molar refractivity (Wildman–Crippen MR) is 167 cm³/mol. The average molecular weight is 626 g/mol. The van der Waals surface area contributed by atoms with Gasteiger partial charge in [-0.3, -0.25) is 4.99 Å². The number of benzene rings is 3. The van der Waals surface area contributed by atoms with Crippen molar-refractivity contribution < 1.29 is 36.8 Å². The van der Waals surface area contributed by atoms with Crippen molar-refractivity contribution in [3.05, 3.63) is 71.3 Å². The molecular weight excluding hydrogens is 586 g/mol. The maximum atomic E-state index is 14.8. The van der Waals surface area contributed by atoms with Crippen LogP contribution < -0.4 is 28.4 Å². The molecule has 2 heterocycles. The van der Waals surface area contributed by atoms with Crippen LogP contribution in [-0.4, -0.2) is 78.6 Å². The van der Waals surface area contributed by atoms with Crippen LogP contribution in [-0.2, 0) is 10.2 Å². The van der Waals surface area contributed by atoms with Crippen LogP contribution in [0.2, 0.25) is 0 Å². The molecule has 44 heavy (non-hydrogen) atoms. The highest BCUT2D eigenvalue weighted by Crippen LogP contribution is 2.51. The minimum absolute atomic E-state index is 0.237. The summed E-state index contributed by atoms with van der Waals surface area (Å²) >= 11 is 0. The highest BCUT2D eigenvalue weighted by molar-refractivity contribution is 7.87.